The summed E-state index contributed by atoms with van der Waals surface area (Å²) in [5.41, 5.74) is 5.48. The minimum atomic E-state index is -0.439. The molecule has 7 nitrogen and oxygen atoms in total. The Bertz CT molecular complexity index is 1500. The van der Waals surface area contributed by atoms with Crippen molar-refractivity contribution in [2.45, 2.75) is 33.6 Å². The molecule has 4 rings (SSSR count). The summed E-state index contributed by atoms with van der Waals surface area (Å²) < 4.78 is 0. The second kappa shape index (κ2) is 11.2. The number of rotatable bonds is 8. The maximum atomic E-state index is 12.9. The quantitative estimate of drug-likeness (QED) is 0.231. The summed E-state index contributed by atoms with van der Waals surface area (Å²) in [6.45, 7) is 8.12. The number of imide groups is 2. The van der Waals surface area contributed by atoms with E-state index in [2.05, 4.69) is 6.58 Å². The van der Waals surface area contributed by atoms with Crippen molar-refractivity contribution in [2.24, 2.45) is 0 Å². The lowest BCUT2D eigenvalue weighted by atomic mass is 9.94. The normalized spacial score (nSPS) is 12.5. The van der Waals surface area contributed by atoms with Crippen molar-refractivity contribution in [1.82, 2.24) is 0 Å². The van der Waals surface area contributed by atoms with Gasteiger partial charge in [-0.1, -0.05) is 49.0 Å². The first kappa shape index (κ1) is 27.1. The van der Waals surface area contributed by atoms with Gasteiger partial charge in [-0.3, -0.25) is 28.9 Å². The fraction of sp³-hybridized carbons (Fsp3) is 0.156. The summed E-state index contributed by atoms with van der Waals surface area (Å²) in [5, 5.41) is 0. The summed E-state index contributed by atoms with van der Waals surface area (Å²) >= 11 is 0. The fourth-order valence-electron chi connectivity index (χ4n) is 4.55. The topological polar surface area (TPSA) is 91.8 Å². The van der Waals surface area contributed by atoms with Gasteiger partial charge in [0, 0.05) is 31.6 Å². The molecule has 0 N–H and O–H groups in total. The number of hydrogen-bond donors (Lipinski definition) is 0. The summed E-state index contributed by atoms with van der Waals surface area (Å²) in [5.74, 6) is -1.78. The van der Waals surface area contributed by atoms with Crippen LogP contribution in [-0.2, 0) is 32.0 Å². The summed E-state index contributed by atoms with van der Waals surface area (Å²) in [7, 11) is 0. The van der Waals surface area contributed by atoms with Gasteiger partial charge in [0.05, 0.1) is 11.4 Å². The van der Waals surface area contributed by atoms with E-state index in [1.807, 2.05) is 36.4 Å². The number of benzene rings is 3. The summed E-state index contributed by atoms with van der Waals surface area (Å²) in [6, 6.07) is 20.3. The third-order valence-corrected chi connectivity index (χ3v) is 6.52. The highest BCUT2D eigenvalue weighted by molar-refractivity contribution is 6.28. The number of ketones is 1. The highest BCUT2D eigenvalue weighted by Gasteiger charge is 2.26. The maximum Gasteiger partial charge on any atom is 0.258 e. The minimum Gasteiger partial charge on any atom is -0.289 e. The van der Waals surface area contributed by atoms with E-state index >= 15 is 0 Å². The Balaban J connectivity index is 1.50. The molecule has 0 spiro atoms. The molecule has 1 heterocycles. The zero-order chi connectivity index (χ0) is 28.3. The van der Waals surface area contributed by atoms with Crippen molar-refractivity contribution in [3.05, 3.63) is 108 Å². The average Bonchev–Trinajstić information content (AvgIpc) is 3.25. The standard InChI is InChI=1S/C32H28N2O5/c1-20(2)32(39)29-19-28(34-30(37)17-18-31(34)38)16-13-26(29)10-7-23-5-8-24(9-6-23)25-11-14-27(15-12-25)33(21(3)35)22(4)36/h5-6,8-9,11-19H,1,7,10H2,2-4H3. The predicted molar refractivity (Wildman–Crippen MR) is 150 cm³/mol. The van der Waals surface area contributed by atoms with E-state index < -0.39 is 11.8 Å². The Morgan fingerprint density at radius 2 is 1.28 bits per heavy atom. The largest absolute Gasteiger partial charge is 0.289 e. The molecule has 1 aliphatic heterocycles. The Morgan fingerprint density at radius 1 is 0.744 bits per heavy atom. The van der Waals surface area contributed by atoms with E-state index in [0.29, 0.717) is 35.4 Å². The molecule has 0 aliphatic carbocycles. The lowest BCUT2D eigenvalue weighted by molar-refractivity contribution is -0.124. The molecule has 7 heteroatoms. The van der Waals surface area contributed by atoms with E-state index in [1.54, 1.807) is 37.3 Å². The van der Waals surface area contributed by atoms with Gasteiger partial charge in [0.15, 0.2) is 5.78 Å². The van der Waals surface area contributed by atoms with Gasteiger partial charge in [0.1, 0.15) is 0 Å². The van der Waals surface area contributed by atoms with Gasteiger partial charge >= 0.3 is 0 Å². The number of Topliss-reactive ketones (excluding diaryl/α,β-unsaturated/α-hetero) is 1. The highest BCUT2D eigenvalue weighted by atomic mass is 16.2. The van der Waals surface area contributed by atoms with Gasteiger partial charge < -0.3 is 0 Å². The zero-order valence-corrected chi connectivity index (χ0v) is 22.1. The lowest BCUT2D eigenvalue weighted by Gasteiger charge is -2.17. The number of allylic oxidation sites excluding steroid dienone is 1. The van der Waals surface area contributed by atoms with Gasteiger partial charge in [-0.2, -0.15) is 0 Å². The highest BCUT2D eigenvalue weighted by Crippen LogP contribution is 2.27. The molecule has 3 aromatic carbocycles. The Labute approximate surface area is 227 Å². The molecule has 0 atom stereocenters. The molecule has 196 valence electrons. The van der Waals surface area contributed by atoms with Crippen LogP contribution in [0.3, 0.4) is 0 Å². The van der Waals surface area contributed by atoms with Gasteiger partial charge in [0.2, 0.25) is 11.8 Å². The number of aryl methyl sites for hydroxylation is 2. The van der Waals surface area contributed by atoms with Crippen LogP contribution in [0.5, 0.6) is 0 Å². The van der Waals surface area contributed by atoms with Gasteiger partial charge in [0.25, 0.3) is 11.8 Å². The molecule has 0 aromatic heterocycles. The third kappa shape index (κ3) is 5.83. The molecule has 0 radical (unpaired) electrons. The molecular formula is C32H28N2O5. The zero-order valence-electron chi connectivity index (χ0n) is 22.1. The van der Waals surface area contributed by atoms with Crippen molar-refractivity contribution < 1.29 is 24.0 Å². The van der Waals surface area contributed by atoms with Gasteiger partial charge in [-0.25, -0.2) is 4.90 Å². The number of anilines is 2. The van der Waals surface area contributed by atoms with Crippen molar-refractivity contribution in [1.29, 1.82) is 0 Å². The van der Waals surface area contributed by atoms with Crippen LogP contribution in [-0.4, -0.2) is 29.4 Å². The summed E-state index contributed by atoms with van der Waals surface area (Å²) in [6.07, 6.45) is 3.67. The molecule has 0 fully saturated rings. The Kier molecular flexibility index (Phi) is 7.81. The molecule has 3 aromatic rings. The Morgan fingerprint density at radius 3 is 1.79 bits per heavy atom. The lowest BCUT2D eigenvalue weighted by Crippen LogP contribution is -2.32. The van der Waals surface area contributed by atoms with Crippen LogP contribution >= 0.6 is 0 Å². The van der Waals surface area contributed by atoms with E-state index in [9.17, 15) is 24.0 Å². The molecular weight excluding hydrogens is 492 g/mol. The van der Waals surface area contributed by atoms with E-state index in [1.165, 1.54) is 26.0 Å². The van der Waals surface area contributed by atoms with Crippen molar-refractivity contribution in [3.63, 3.8) is 0 Å². The smallest absolute Gasteiger partial charge is 0.258 e. The van der Waals surface area contributed by atoms with Crippen LogP contribution in [0.1, 0.15) is 42.3 Å². The first-order valence-corrected chi connectivity index (χ1v) is 12.5. The van der Waals surface area contributed by atoms with Crippen molar-refractivity contribution >= 4 is 40.8 Å². The number of carbonyl (C=O) groups excluding carboxylic acids is 5. The third-order valence-electron chi connectivity index (χ3n) is 6.52. The molecule has 4 amide bonds. The molecule has 39 heavy (non-hydrogen) atoms. The van der Waals surface area contributed by atoms with Crippen LogP contribution in [0.4, 0.5) is 11.4 Å². The van der Waals surface area contributed by atoms with E-state index in [-0.39, 0.29) is 17.6 Å². The fourth-order valence-corrected chi connectivity index (χ4v) is 4.55. The second-order valence-corrected chi connectivity index (χ2v) is 9.41. The average molecular weight is 521 g/mol. The van der Waals surface area contributed by atoms with E-state index in [4.69, 9.17) is 0 Å². The molecule has 0 saturated carbocycles. The number of hydrogen-bond acceptors (Lipinski definition) is 5. The number of carbonyl (C=O) groups is 5. The van der Waals surface area contributed by atoms with Crippen LogP contribution in [0.2, 0.25) is 0 Å². The van der Waals surface area contributed by atoms with Crippen LogP contribution in [0, 0.1) is 0 Å². The number of nitrogens with zero attached hydrogens (tertiary/aromatic N) is 2. The molecule has 0 unspecified atom stereocenters. The van der Waals surface area contributed by atoms with Gasteiger partial charge in [-0.15, -0.1) is 0 Å². The van der Waals surface area contributed by atoms with Crippen molar-refractivity contribution in [3.8, 4) is 11.1 Å². The molecule has 1 aliphatic rings. The van der Waals surface area contributed by atoms with Gasteiger partial charge in [-0.05, 0) is 71.9 Å². The molecule has 0 saturated heterocycles. The predicted octanol–water partition coefficient (Wildman–Crippen LogP) is 5.23. The van der Waals surface area contributed by atoms with Crippen LogP contribution < -0.4 is 9.80 Å². The maximum absolute atomic E-state index is 12.9. The Hall–Kier alpha value is -4.91. The number of amides is 4. The second-order valence-electron chi connectivity index (χ2n) is 9.41. The first-order valence-electron chi connectivity index (χ1n) is 12.5. The molecule has 0 bridgehead atoms. The minimum absolute atomic E-state index is 0.231. The summed E-state index contributed by atoms with van der Waals surface area (Å²) in [4.78, 5) is 62.9. The SMILES string of the molecule is C=C(C)C(=O)c1cc(N2C(=O)C=CC2=O)ccc1CCc1ccc(-c2ccc(N(C(C)=O)C(C)=O)cc2)cc1. The first-order chi connectivity index (χ1) is 18.6. The van der Waals surface area contributed by atoms with Crippen LogP contribution in [0.25, 0.3) is 11.1 Å². The monoisotopic (exact) mass is 520 g/mol. The van der Waals surface area contributed by atoms with Crippen molar-refractivity contribution in [2.75, 3.05) is 9.80 Å². The van der Waals surface area contributed by atoms with Crippen LogP contribution in [0.15, 0.2) is 91.0 Å². The van der Waals surface area contributed by atoms with E-state index in [0.717, 1.165) is 32.1 Å².